The van der Waals surface area contributed by atoms with Gasteiger partial charge in [-0.3, -0.25) is 14.9 Å². The summed E-state index contributed by atoms with van der Waals surface area (Å²) >= 11 is 3.39. The number of aryl methyl sites for hydroxylation is 1. The van der Waals surface area contributed by atoms with Crippen molar-refractivity contribution in [2.45, 2.75) is 20.0 Å². The van der Waals surface area contributed by atoms with E-state index in [9.17, 15) is 14.9 Å². The lowest BCUT2D eigenvalue weighted by Crippen LogP contribution is -2.33. The van der Waals surface area contributed by atoms with Crippen LogP contribution >= 0.6 is 15.9 Å². The van der Waals surface area contributed by atoms with Crippen molar-refractivity contribution in [1.29, 1.82) is 0 Å². The molecule has 8 heteroatoms. The zero-order valence-electron chi connectivity index (χ0n) is 13.6. The lowest BCUT2D eigenvalue weighted by molar-refractivity contribution is -0.384. The van der Waals surface area contributed by atoms with Gasteiger partial charge in [-0.1, -0.05) is 18.2 Å². The van der Waals surface area contributed by atoms with Gasteiger partial charge < -0.3 is 4.74 Å². The average molecular weight is 406 g/mol. The van der Waals surface area contributed by atoms with E-state index in [4.69, 9.17) is 4.74 Å². The van der Waals surface area contributed by atoms with E-state index in [-0.39, 0.29) is 5.69 Å². The highest BCUT2D eigenvalue weighted by atomic mass is 79.9. The number of nitrogens with one attached hydrogen (secondary N) is 1. The maximum atomic E-state index is 12.0. The van der Waals surface area contributed by atoms with Crippen LogP contribution in [0.5, 0.6) is 5.75 Å². The zero-order valence-corrected chi connectivity index (χ0v) is 15.2. The first-order valence-corrected chi connectivity index (χ1v) is 8.16. The van der Waals surface area contributed by atoms with Crippen LogP contribution in [0.4, 0.5) is 5.69 Å². The van der Waals surface area contributed by atoms with Gasteiger partial charge in [0.25, 0.3) is 11.6 Å². The molecule has 2 aromatic rings. The van der Waals surface area contributed by atoms with E-state index in [0.29, 0.717) is 11.3 Å². The zero-order chi connectivity index (χ0) is 18.4. The van der Waals surface area contributed by atoms with Crippen molar-refractivity contribution in [3.8, 4) is 5.75 Å². The third-order valence-corrected chi connectivity index (χ3v) is 3.85. The Balaban J connectivity index is 1.95. The van der Waals surface area contributed by atoms with Gasteiger partial charge in [0.05, 0.1) is 15.6 Å². The van der Waals surface area contributed by atoms with Crippen LogP contribution < -0.4 is 10.2 Å². The van der Waals surface area contributed by atoms with Crippen LogP contribution in [-0.4, -0.2) is 23.1 Å². The largest absolute Gasteiger partial charge is 0.480 e. The van der Waals surface area contributed by atoms with Gasteiger partial charge >= 0.3 is 0 Å². The number of amides is 1. The topological polar surface area (TPSA) is 93.8 Å². The first kappa shape index (κ1) is 18.6. The average Bonchev–Trinajstić information content (AvgIpc) is 2.57. The van der Waals surface area contributed by atoms with Gasteiger partial charge in [-0.2, -0.15) is 5.10 Å². The predicted octanol–water partition coefficient (Wildman–Crippen LogP) is 3.58. The quantitative estimate of drug-likeness (QED) is 0.451. The summed E-state index contributed by atoms with van der Waals surface area (Å²) in [7, 11) is 0. The summed E-state index contributed by atoms with van der Waals surface area (Å²) in [6.07, 6.45) is 0.570. The second kappa shape index (κ2) is 8.39. The fourth-order valence-electron chi connectivity index (χ4n) is 1.93. The van der Waals surface area contributed by atoms with Crippen molar-refractivity contribution in [1.82, 2.24) is 5.43 Å². The SMILES string of the molecule is Cc1ccc(OC(C)C(=O)NN=Cc2cccc([N+](=O)[O-])c2)c(Br)c1. The van der Waals surface area contributed by atoms with Crippen LogP contribution in [0, 0.1) is 17.0 Å². The van der Waals surface area contributed by atoms with Crippen molar-refractivity contribution >= 4 is 33.7 Å². The second-order valence-corrected chi connectivity index (χ2v) is 6.13. The van der Waals surface area contributed by atoms with E-state index < -0.39 is 16.9 Å². The molecule has 0 saturated carbocycles. The normalized spacial score (nSPS) is 12.0. The Morgan fingerprint density at radius 3 is 2.80 bits per heavy atom. The van der Waals surface area contributed by atoms with Crippen LogP contribution in [-0.2, 0) is 4.79 Å². The van der Waals surface area contributed by atoms with Crippen molar-refractivity contribution in [3.05, 3.63) is 68.2 Å². The third kappa shape index (κ3) is 5.39. The van der Waals surface area contributed by atoms with Gasteiger partial charge in [-0.25, -0.2) is 5.43 Å². The summed E-state index contributed by atoms with van der Waals surface area (Å²) < 4.78 is 6.35. The number of rotatable bonds is 6. The summed E-state index contributed by atoms with van der Waals surface area (Å²) in [6.45, 7) is 3.55. The number of benzene rings is 2. The molecule has 0 aliphatic rings. The summed E-state index contributed by atoms with van der Waals surface area (Å²) in [5.74, 6) is 0.116. The fourth-order valence-corrected chi connectivity index (χ4v) is 2.51. The molecule has 0 saturated heterocycles. The highest BCUT2D eigenvalue weighted by molar-refractivity contribution is 9.10. The van der Waals surface area contributed by atoms with Gasteiger partial charge in [0.15, 0.2) is 6.10 Å². The molecule has 1 atom stereocenters. The Morgan fingerprint density at radius 1 is 1.36 bits per heavy atom. The first-order valence-electron chi connectivity index (χ1n) is 7.37. The Kier molecular flexibility index (Phi) is 6.24. The molecule has 7 nitrogen and oxygen atoms in total. The number of carbonyl (C=O) groups is 1. The highest BCUT2D eigenvalue weighted by Crippen LogP contribution is 2.26. The maximum absolute atomic E-state index is 12.0. The minimum absolute atomic E-state index is 0.0452. The lowest BCUT2D eigenvalue weighted by Gasteiger charge is -2.14. The minimum atomic E-state index is -0.763. The summed E-state index contributed by atoms with van der Waals surface area (Å²) in [6, 6.07) is 11.5. The number of non-ortho nitro benzene ring substituents is 1. The van der Waals surface area contributed by atoms with Gasteiger partial charge in [0, 0.05) is 17.7 Å². The number of hydrazone groups is 1. The molecule has 1 unspecified atom stereocenters. The summed E-state index contributed by atoms with van der Waals surface area (Å²) in [5.41, 5.74) is 3.88. The molecule has 130 valence electrons. The maximum Gasteiger partial charge on any atom is 0.280 e. The number of hydrogen-bond acceptors (Lipinski definition) is 5. The molecule has 1 amide bonds. The van der Waals surface area contributed by atoms with Gasteiger partial charge in [0.2, 0.25) is 0 Å². The first-order chi connectivity index (χ1) is 11.9. The molecular formula is C17H16BrN3O4. The number of hydrogen-bond donors (Lipinski definition) is 1. The number of halogens is 1. The van der Waals surface area contributed by atoms with E-state index in [0.717, 1.165) is 10.0 Å². The Bertz CT molecular complexity index is 823. The second-order valence-electron chi connectivity index (χ2n) is 5.28. The lowest BCUT2D eigenvalue weighted by atomic mass is 10.2. The van der Waals surface area contributed by atoms with Crippen molar-refractivity contribution in [3.63, 3.8) is 0 Å². The minimum Gasteiger partial charge on any atom is -0.480 e. The van der Waals surface area contributed by atoms with E-state index in [1.54, 1.807) is 25.1 Å². The smallest absolute Gasteiger partial charge is 0.280 e. The number of ether oxygens (including phenoxy) is 1. The Labute approximate surface area is 153 Å². The predicted molar refractivity (Wildman–Crippen MR) is 97.8 cm³/mol. The van der Waals surface area contributed by atoms with Crippen LogP contribution in [0.25, 0.3) is 0 Å². The number of nitro benzene ring substituents is 1. The molecule has 1 N–H and O–H groups in total. The molecule has 2 rings (SSSR count). The van der Waals surface area contributed by atoms with Crippen molar-refractivity contribution in [2.24, 2.45) is 5.10 Å². The Hall–Kier alpha value is -2.74. The van der Waals surface area contributed by atoms with E-state index in [2.05, 4.69) is 26.5 Å². The van der Waals surface area contributed by atoms with Crippen LogP contribution in [0.3, 0.4) is 0 Å². The molecule has 2 aromatic carbocycles. The molecule has 0 aromatic heterocycles. The molecule has 0 aliphatic carbocycles. The monoisotopic (exact) mass is 405 g/mol. The molecule has 0 aliphatic heterocycles. The van der Waals surface area contributed by atoms with Crippen LogP contribution in [0.1, 0.15) is 18.1 Å². The van der Waals surface area contributed by atoms with Crippen LogP contribution in [0.2, 0.25) is 0 Å². The van der Waals surface area contributed by atoms with Gasteiger partial charge in [-0.05, 0) is 47.5 Å². The molecule has 0 fully saturated rings. The number of nitro groups is 1. The summed E-state index contributed by atoms with van der Waals surface area (Å²) in [5, 5.41) is 14.5. The van der Waals surface area contributed by atoms with E-state index >= 15 is 0 Å². The number of carbonyl (C=O) groups excluding carboxylic acids is 1. The molecule has 0 bridgehead atoms. The molecule has 25 heavy (non-hydrogen) atoms. The van der Waals surface area contributed by atoms with Gasteiger partial charge in [-0.15, -0.1) is 0 Å². The molecular weight excluding hydrogens is 390 g/mol. The molecule has 0 radical (unpaired) electrons. The van der Waals surface area contributed by atoms with Crippen molar-refractivity contribution in [2.75, 3.05) is 0 Å². The third-order valence-electron chi connectivity index (χ3n) is 3.23. The number of nitrogens with zero attached hydrogens (tertiary/aromatic N) is 2. The molecule has 0 spiro atoms. The van der Waals surface area contributed by atoms with E-state index in [1.807, 2.05) is 19.1 Å². The fraction of sp³-hybridized carbons (Fsp3) is 0.176. The van der Waals surface area contributed by atoms with E-state index in [1.165, 1.54) is 18.3 Å². The van der Waals surface area contributed by atoms with Gasteiger partial charge in [0.1, 0.15) is 5.75 Å². The summed E-state index contributed by atoms with van der Waals surface area (Å²) in [4.78, 5) is 22.2. The Morgan fingerprint density at radius 2 is 2.12 bits per heavy atom. The highest BCUT2D eigenvalue weighted by Gasteiger charge is 2.15. The standard InChI is InChI=1S/C17H16BrN3O4/c1-11-6-7-16(15(18)8-11)25-12(2)17(22)20-19-10-13-4-3-5-14(9-13)21(23)24/h3-10,12H,1-2H3,(H,20,22). The van der Waals surface area contributed by atoms with Crippen LogP contribution in [0.15, 0.2) is 52.0 Å². The van der Waals surface area contributed by atoms with Crippen molar-refractivity contribution < 1.29 is 14.5 Å². The molecule has 0 heterocycles.